The third-order valence-corrected chi connectivity index (χ3v) is 7.65. The van der Waals surface area contributed by atoms with Crippen molar-refractivity contribution < 1.29 is 18.4 Å². The summed E-state index contributed by atoms with van der Waals surface area (Å²) in [5.41, 5.74) is 6.49. The lowest BCUT2D eigenvalue weighted by molar-refractivity contribution is -0.117. The Bertz CT molecular complexity index is 1960. The van der Waals surface area contributed by atoms with E-state index in [0.29, 0.717) is 46.5 Å². The number of anilines is 1. The Balaban J connectivity index is 1.49. The van der Waals surface area contributed by atoms with Gasteiger partial charge in [0.05, 0.1) is 22.5 Å². The predicted molar refractivity (Wildman–Crippen MR) is 157 cm³/mol. The maximum atomic E-state index is 13.7. The van der Waals surface area contributed by atoms with Crippen molar-refractivity contribution >= 4 is 39.4 Å². The van der Waals surface area contributed by atoms with Crippen LogP contribution in [0.5, 0.6) is 0 Å². The SMILES string of the molecule is CNC(=O)c1c(-c2ccc(F)cc2)oc2cc(N3CCCC3=O)c(-c3ccc4[nH]nc(-c5ccccc5)c4c3)cc12. The second-order valence-corrected chi connectivity index (χ2v) is 10.1. The summed E-state index contributed by atoms with van der Waals surface area (Å²) < 4.78 is 20.0. The first kappa shape index (κ1) is 24.8. The number of carbonyl (C=O) groups is 2. The van der Waals surface area contributed by atoms with Gasteiger partial charge in [0, 0.05) is 53.5 Å². The number of hydrogen-bond acceptors (Lipinski definition) is 4. The number of halogens is 1. The maximum absolute atomic E-state index is 13.7. The van der Waals surface area contributed by atoms with E-state index in [0.717, 1.165) is 39.7 Å². The minimum atomic E-state index is -0.381. The predicted octanol–water partition coefficient (Wildman–Crippen LogP) is 6.94. The number of aromatic nitrogens is 2. The van der Waals surface area contributed by atoms with E-state index in [-0.39, 0.29) is 17.6 Å². The van der Waals surface area contributed by atoms with Crippen LogP contribution in [0.4, 0.5) is 10.1 Å². The van der Waals surface area contributed by atoms with Gasteiger partial charge in [-0.2, -0.15) is 5.10 Å². The normalized spacial score (nSPS) is 13.4. The molecule has 202 valence electrons. The molecule has 2 amide bonds. The van der Waals surface area contributed by atoms with Gasteiger partial charge < -0.3 is 14.6 Å². The number of aromatic amines is 1. The van der Waals surface area contributed by atoms with Crippen LogP contribution in [0.15, 0.2) is 89.3 Å². The van der Waals surface area contributed by atoms with Crippen LogP contribution in [-0.4, -0.2) is 35.6 Å². The third kappa shape index (κ3) is 4.15. The zero-order valence-corrected chi connectivity index (χ0v) is 22.2. The molecule has 1 fully saturated rings. The first-order chi connectivity index (χ1) is 20.0. The Labute approximate surface area is 234 Å². The smallest absolute Gasteiger partial charge is 0.255 e. The fourth-order valence-corrected chi connectivity index (χ4v) is 5.64. The number of benzene rings is 4. The Morgan fingerprint density at radius 3 is 2.46 bits per heavy atom. The van der Waals surface area contributed by atoms with Gasteiger partial charge in [0.1, 0.15) is 17.2 Å². The highest BCUT2D eigenvalue weighted by Crippen LogP contribution is 2.43. The molecule has 0 spiro atoms. The minimum absolute atomic E-state index is 0.0387. The molecule has 2 N–H and O–H groups in total. The van der Waals surface area contributed by atoms with Gasteiger partial charge in [0.15, 0.2) is 0 Å². The number of carbonyl (C=O) groups excluding carboxylic acids is 2. The summed E-state index contributed by atoms with van der Waals surface area (Å²) in [7, 11) is 1.56. The molecule has 8 heteroatoms. The molecule has 3 heterocycles. The van der Waals surface area contributed by atoms with Crippen LogP contribution in [0.25, 0.3) is 55.6 Å². The zero-order chi connectivity index (χ0) is 28.1. The molecule has 0 atom stereocenters. The molecule has 7 rings (SSSR count). The van der Waals surface area contributed by atoms with Crippen molar-refractivity contribution in [3.63, 3.8) is 0 Å². The lowest BCUT2D eigenvalue weighted by Gasteiger charge is -2.20. The standard InChI is InChI=1S/C33H25FN4O3/c1-35-33(40)30-25-17-23(21-11-14-26-24(16-21)31(37-36-26)19-6-3-2-4-7-19)27(38-15-5-8-29(38)39)18-28(25)41-32(30)20-9-12-22(34)13-10-20/h2-4,6-7,9-14,16-18H,5,8,15H2,1H3,(H,35,40)(H,36,37). The van der Waals surface area contributed by atoms with Crippen molar-refractivity contribution in [2.24, 2.45) is 0 Å². The molecule has 1 aliphatic heterocycles. The monoisotopic (exact) mass is 544 g/mol. The molecule has 7 nitrogen and oxygen atoms in total. The number of H-pyrrole nitrogens is 1. The summed E-state index contributed by atoms with van der Waals surface area (Å²) in [5.74, 6) is -0.327. The molecule has 1 saturated heterocycles. The van der Waals surface area contributed by atoms with Gasteiger partial charge in [-0.1, -0.05) is 36.4 Å². The van der Waals surface area contributed by atoms with E-state index >= 15 is 0 Å². The molecule has 0 radical (unpaired) electrons. The van der Waals surface area contributed by atoms with E-state index < -0.39 is 0 Å². The summed E-state index contributed by atoms with van der Waals surface area (Å²) in [5, 5.41) is 11.9. The lowest BCUT2D eigenvalue weighted by Crippen LogP contribution is -2.24. The Morgan fingerprint density at radius 2 is 1.73 bits per heavy atom. The summed E-state index contributed by atoms with van der Waals surface area (Å²) in [6.45, 7) is 0.592. The summed E-state index contributed by atoms with van der Waals surface area (Å²) >= 11 is 0. The van der Waals surface area contributed by atoms with Crippen LogP contribution < -0.4 is 10.2 Å². The average molecular weight is 545 g/mol. The molecular weight excluding hydrogens is 519 g/mol. The van der Waals surface area contributed by atoms with Crippen molar-refractivity contribution in [2.45, 2.75) is 12.8 Å². The van der Waals surface area contributed by atoms with Crippen LogP contribution in [0.3, 0.4) is 0 Å². The van der Waals surface area contributed by atoms with Crippen LogP contribution >= 0.6 is 0 Å². The highest BCUT2D eigenvalue weighted by molar-refractivity contribution is 6.14. The molecule has 41 heavy (non-hydrogen) atoms. The van der Waals surface area contributed by atoms with E-state index in [1.54, 1.807) is 24.1 Å². The fourth-order valence-electron chi connectivity index (χ4n) is 5.64. The van der Waals surface area contributed by atoms with E-state index in [1.165, 1.54) is 12.1 Å². The quantitative estimate of drug-likeness (QED) is 0.246. The second-order valence-electron chi connectivity index (χ2n) is 10.1. The Morgan fingerprint density at radius 1 is 0.951 bits per heavy atom. The number of amides is 2. The summed E-state index contributed by atoms with van der Waals surface area (Å²) in [4.78, 5) is 28.0. The van der Waals surface area contributed by atoms with Crippen molar-refractivity contribution in [1.82, 2.24) is 15.5 Å². The molecule has 0 aliphatic carbocycles. The fraction of sp³-hybridized carbons (Fsp3) is 0.121. The van der Waals surface area contributed by atoms with Crippen LogP contribution in [0, 0.1) is 5.82 Å². The topological polar surface area (TPSA) is 91.2 Å². The summed E-state index contributed by atoms with van der Waals surface area (Å²) in [6.07, 6.45) is 1.23. The molecule has 1 aliphatic rings. The molecule has 2 aromatic heterocycles. The largest absolute Gasteiger partial charge is 0.455 e. The van der Waals surface area contributed by atoms with Crippen molar-refractivity contribution in [2.75, 3.05) is 18.5 Å². The second kappa shape index (κ2) is 9.75. The van der Waals surface area contributed by atoms with E-state index in [4.69, 9.17) is 4.42 Å². The summed E-state index contributed by atoms with van der Waals surface area (Å²) in [6, 6.07) is 25.6. The Kier molecular flexibility index (Phi) is 5.89. The molecule has 0 unspecified atom stereocenters. The Hall–Kier alpha value is -5.24. The number of fused-ring (bicyclic) bond motifs is 2. The van der Waals surface area contributed by atoms with Crippen molar-refractivity contribution in [1.29, 1.82) is 0 Å². The van der Waals surface area contributed by atoms with Crippen LogP contribution in [0.1, 0.15) is 23.2 Å². The van der Waals surface area contributed by atoms with Crippen molar-refractivity contribution in [3.8, 4) is 33.7 Å². The van der Waals surface area contributed by atoms with E-state index in [2.05, 4.69) is 21.6 Å². The minimum Gasteiger partial charge on any atom is -0.455 e. The zero-order valence-electron chi connectivity index (χ0n) is 22.2. The molecular formula is C33H25FN4O3. The average Bonchev–Trinajstić information content (AvgIpc) is 3.73. The number of nitrogens with zero attached hydrogens (tertiary/aromatic N) is 2. The number of hydrogen-bond donors (Lipinski definition) is 2. The first-order valence-corrected chi connectivity index (χ1v) is 13.4. The van der Waals surface area contributed by atoms with Gasteiger partial charge in [0.25, 0.3) is 5.91 Å². The number of rotatable bonds is 5. The highest BCUT2D eigenvalue weighted by Gasteiger charge is 2.28. The third-order valence-electron chi connectivity index (χ3n) is 7.65. The van der Waals surface area contributed by atoms with Crippen LogP contribution in [-0.2, 0) is 4.79 Å². The van der Waals surface area contributed by atoms with Gasteiger partial charge in [-0.05, 0) is 54.4 Å². The van der Waals surface area contributed by atoms with Gasteiger partial charge in [0.2, 0.25) is 5.91 Å². The van der Waals surface area contributed by atoms with Gasteiger partial charge in [-0.15, -0.1) is 0 Å². The van der Waals surface area contributed by atoms with Crippen molar-refractivity contribution in [3.05, 3.63) is 96.3 Å². The maximum Gasteiger partial charge on any atom is 0.255 e. The molecule has 4 aromatic carbocycles. The lowest BCUT2D eigenvalue weighted by atomic mass is 9.96. The number of nitrogens with one attached hydrogen (secondary N) is 2. The molecule has 0 saturated carbocycles. The van der Waals surface area contributed by atoms with Gasteiger partial charge in [-0.3, -0.25) is 14.7 Å². The number of furan rings is 1. The highest BCUT2D eigenvalue weighted by atomic mass is 19.1. The van der Waals surface area contributed by atoms with E-state index in [1.807, 2.05) is 54.6 Å². The van der Waals surface area contributed by atoms with Gasteiger partial charge in [-0.25, -0.2) is 4.39 Å². The van der Waals surface area contributed by atoms with E-state index in [9.17, 15) is 14.0 Å². The molecule has 6 aromatic rings. The first-order valence-electron chi connectivity index (χ1n) is 13.4. The van der Waals surface area contributed by atoms with Gasteiger partial charge >= 0.3 is 0 Å². The van der Waals surface area contributed by atoms with Crippen LogP contribution in [0.2, 0.25) is 0 Å². The molecule has 0 bridgehead atoms.